The molecule has 1 aliphatic rings. The van der Waals surface area contributed by atoms with Crippen molar-refractivity contribution in [1.82, 2.24) is 5.16 Å². The average Bonchev–Trinajstić information content (AvgIpc) is 2.92. The van der Waals surface area contributed by atoms with Crippen LogP contribution in [0.1, 0.15) is 29.3 Å². The molecular weight excluding hydrogens is 224 g/mol. The molecule has 1 N–H and O–H groups in total. The Hall–Kier alpha value is -1.77. The predicted octanol–water partition coefficient (Wildman–Crippen LogP) is 3.08. The normalized spacial score (nSPS) is 21.9. The van der Waals surface area contributed by atoms with Crippen LogP contribution in [0, 0.1) is 6.92 Å². The standard InChI is InChI=1S/C15H18N2O/c1-10-4-5-11-7-15(2,8-12(11)6-10)14-13(16-3)9-18-17-14/h4-6,9,16H,7-8H2,1-3H3. The number of benzene rings is 1. The van der Waals surface area contributed by atoms with E-state index in [1.54, 1.807) is 6.26 Å². The van der Waals surface area contributed by atoms with E-state index in [1.165, 1.54) is 16.7 Å². The molecule has 2 aromatic rings. The van der Waals surface area contributed by atoms with Crippen LogP contribution in [-0.2, 0) is 18.3 Å². The van der Waals surface area contributed by atoms with Gasteiger partial charge in [0.05, 0.1) is 5.69 Å². The number of aryl methyl sites for hydroxylation is 1. The monoisotopic (exact) mass is 242 g/mol. The maximum absolute atomic E-state index is 5.12. The number of fused-ring (bicyclic) bond motifs is 1. The molecule has 1 aromatic carbocycles. The lowest BCUT2D eigenvalue weighted by molar-refractivity contribution is 0.379. The number of rotatable bonds is 2. The fraction of sp³-hybridized carbons (Fsp3) is 0.400. The highest BCUT2D eigenvalue weighted by Gasteiger charge is 2.38. The summed E-state index contributed by atoms with van der Waals surface area (Å²) >= 11 is 0. The van der Waals surface area contributed by atoms with E-state index in [-0.39, 0.29) is 5.41 Å². The highest BCUT2D eigenvalue weighted by Crippen LogP contribution is 2.41. The van der Waals surface area contributed by atoms with Crippen LogP contribution in [0.15, 0.2) is 29.0 Å². The van der Waals surface area contributed by atoms with Gasteiger partial charge in [0.15, 0.2) is 0 Å². The molecule has 94 valence electrons. The van der Waals surface area contributed by atoms with Crippen molar-refractivity contribution in [2.45, 2.75) is 32.1 Å². The van der Waals surface area contributed by atoms with Gasteiger partial charge in [-0.25, -0.2) is 0 Å². The topological polar surface area (TPSA) is 38.1 Å². The average molecular weight is 242 g/mol. The zero-order valence-corrected chi connectivity index (χ0v) is 11.1. The first-order chi connectivity index (χ1) is 8.62. The van der Waals surface area contributed by atoms with Gasteiger partial charge in [-0.3, -0.25) is 0 Å². The maximum Gasteiger partial charge on any atom is 0.147 e. The first-order valence-electron chi connectivity index (χ1n) is 6.33. The summed E-state index contributed by atoms with van der Waals surface area (Å²) < 4.78 is 5.12. The minimum absolute atomic E-state index is 0.0431. The highest BCUT2D eigenvalue weighted by atomic mass is 16.5. The van der Waals surface area contributed by atoms with Gasteiger partial charge < -0.3 is 9.84 Å². The minimum Gasteiger partial charge on any atom is -0.384 e. The summed E-state index contributed by atoms with van der Waals surface area (Å²) in [5.41, 5.74) is 6.30. The summed E-state index contributed by atoms with van der Waals surface area (Å²) in [6.45, 7) is 4.41. The molecule has 0 saturated heterocycles. The van der Waals surface area contributed by atoms with Gasteiger partial charge in [-0.05, 0) is 30.9 Å². The Labute approximate surface area is 107 Å². The van der Waals surface area contributed by atoms with Gasteiger partial charge in [0.25, 0.3) is 0 Å². The Balaban J connectivity index is 2.01. The molecular formula is C15H18N2O. The third kappa shape index (κ3) is 1.62. The van der Waals surface area contributed by atoms with Gasteiger partial charge in [0, 0.05) is 12.5 Å². The van der Waals surface area contributed by atoms with Gasteiger partial charge in [0.2, 0.25) is 0 Å². The molecule has 1 heterocycles. The van der Waals surface area contributed by atoms with Crippen LogP contribution >= 0.6 is 0 Å². The van der Waals surface area contributed by atoms with Crippen LogP contribution in [0.5, 0.6) is 0 Å². The van der Waals surface area contributed by atoms with Gasteiger partial charge in [-0.2, -0.15) is 0 Å². The number of nitrogens with zero attached hydrogens (tertiary/aromatic N) is 1. The highest BCUT2D eigenvalue weighted by molar-refractivity contribution is 5.52. The van der Waals surface area contributed by atoms with Crippen molar-refractivity contribution >= 4 is 5.69 Å². The van der Waals surface area contributed by atoms with Crippen molar-refractivity contribution in [3.63, 3.8) is 0 Å². The van der Waals surface area contributed by atoms with E-state index in [1.807, 2.05) is 7.05 Å². The van der Waals surface area contributed by atoms with Crippen LogP contribution in [-0.4, -0.2) is 12.2 Å². The maximum atomic E-state index is 5.12. The second-order valence-corrected chi connectivity index (χ2v) is 5.51. The predicted molar refractivity (Wildman–Crippen MR) is 72.0 cm³/mol. The Kier molecular flexibility index (Phi) is 2.44. The molecule has 1 atom stereocenters. The summed E-state index contributed by atoms with van der Waals surface area (Å²) in [7, 11) is 1.91. The van der Waals surface area contributed by atoms with E-state index in [4.69, 9.17) is 4.52 Å². The Morgan fingerprint density at radius 2 is 2.06 bits per heavy atom. The summed E-state index contributed by atoms with van der Waals surface area (Å²) in [5.74, 6) is 0. The Bertz CT molecular complexity index is 588. The summed E-state index contributed by atoms with van der Waals surface area (Å²) in [5, 5.41) is 7.37. The third-order valence-electron chi connectivity index (χ3n) is 3.93. The lowest BCUT2D eigenvalue weighted by Gasteiger charge is -2.21. The zero-order valence-electron chi connectivity index (χ0n) is 11.1. The van der Waals surface area contributed by atoms with Gasteiger partial charge in [0.1, 0.15) is 12.0 Å². The van der Waals surface area contributed by atoms with Crippen LogP contribution in [0.4, 0.5) is 5.69 Å². The number of nitrogens with one attached hydrogen (secondary N) is 1. The summed E-state index contributed by atoms with van der Waals surface area (Å²) in [6, 6.07) is 6.72. The summed E-state index contributed by atoms with van der Waals surface area (Å²) in [4.78, 5) is 0. The second-order valence-electron chi connectivity index (χ2n) is 5.51. The third-order valence-corrected chi connectivity index (χ3v) is 3.93. The van der Waals surface area contributed by atoms with Crippen molar-refractivity contribution in [3.05, 3.63) is 46.8 Å². The number of hydrogen-bond donors (Lipinski definition) is 1. The van der Waals surface area contributed by atoms with Crippen molar-refractivity contribution in [2.24, 2.45) is 0 Å². The van der Waals surface area contributed by atoms with E-state index in [0.717, 1.165) is 24.2 Å². The molecule has 0 radical (unpaired) electrons. The van der Waals surface area contributed by atoms with Gasteiger partial charge in [-0.15, -0.1) is 0 Å². The molecule has 0 saturated carbocycles. The summed E-state index contributed by atoms with van der Waals surface area (Å²) in [6.07, 6.45) is 3.75. The molecule has 0 fully saturated rings. The van der Waals surface area contributed by atoms with E-state index in [9.17, 15) is 0 Å². The van der Waals surface area contributed by atoms with Crippen LogP contribution in [0.25, 0.3) is 0 Å². The fourth-order valence-corrected chi connectivity index (χ4v) is 3.01. The number of hydrogen-bond acceptors (Lipinski definition) is 3. The van der Waals surface area contributed by atoms with Gasteiger partial charge >= 0.3 is 0 Å². The molecule has 0 amide bonds. The molecule has 0 bridgehead atoms. The second kappa shape index (κ2) is 3.87. The Morgan fingerprint density at radius 3 is 2.83 bits per heavy atom. The number of aromatic nitrogens is 1. The van der Waals surface area contributed by atoms with Crippen molar-refractivity contribution in [1.29, 1.82) is 0 Å². The van der Waals surface area contributed by atoms with Crippen molar-refractivity contribution in [2.75, 3.05) is 12.4 Å². The molecule has 0 spiro atoms. The molecule has 0 aliphatic heterocycles. The molecule has 18 heavy (non-hydrogen) atoms. The van der Waals surface area contributed by atoms with Crippen molar-refractivity contribution in [3.8, 4) is 0 Å². The van der Waals surface area contributed by atoms with Crippen LogP contribution in [0.2, 0.25) is 0 Å². The van der Waals surface area contributed by atoms with E-state index in [2.05, 4.69) is 42.5 Å². The quantitative estimate of drug-likeness (QED) is 0.879. The first kappa shape index (κ1) is 11.3. The van der Waals surface area contributed by atoms with E-state index in [0.29, 0.717) is 0 Å². The SMILES string of the molecule is CNc1conc1C1(C)Cc2ccc(C)cc2C1. The smallest absolute Gasteiger partial charge is 0.147 e. The zero-order chi connectivity index (χ0) is 12.8. The molecule has 3 heteroatoms. The van der Waals surface area contributed by atoms with Gasteiger partial charge in [-0.1, -0.05) is 35.8 Å². The largest absolute Gasteiger partial charge is 0.384 e. The molecule has 3 rings (SSSR count). The Morgan fingerprint density at radius 1 is 1.28 bits per heavy atom. The molecule has 1 aliphatic carbocycles. The van der Waals surface area contributed by atoms with Crippen LogP contribution < -0.4 is 5.32 Å². The van der Waals surface area contributed by atoms with E-state index >= 15 is 0 Å². The first-order valence-corrected chi connectivity index (χ1v) is 6.33. The molecule has 1 aromatic heterocycles. The minimum atomic E-state index is 0.0431. The van der Waals surface area contributed by atoms with E-state index < -0.39 is 0 Å². The fourth-order valence-electron chi connectivity index (χ4n) is 3.01. The molecule has 3 nitrogen and oxygen atoms in total. The molecule has 1 unspecified atom stereocenters. The van der Waals surface area contributed by atoms with Crippen LogP contribution in [0.3, 0.4) is 0 Å². The van der Waals surface area contributed by atoms with Crippen molar-refractivity contribution < 1.29 is 4.52 Å². The lowest BCUT2D eigenvalue weighted by atomic mass is 9.83. The lowest BCUT2D eigenvalue weighted by Crippen LogP contribution is -2.24. The number of anilines is 1.